The number of non-ortho nitro benzene ring substituents is 1. The largest absolute Gasteiger partial charge is 0.472 e. The number of furan rings is 1. The lowest BCUT2D eigenvalue weighted by Gasteiger charge is -2.11. The minimum atomic E-state index is -0.414. The van der Waals surface area contributed by atoms with Gasteiger partial charge >= 0.3 is 0 Å². The smallest absolute Gasteiger partial charge is 0.269 e. The molecule has 0 saturated carbocycles. The normalized spacial score (nSPS) is 11.1. The molecular formula is C31H24N4O4. The second-order valence-corrected chi connectivity index (χ2v) is 9.13. The van der Waals surface area contributed by atoms with Crippen molar-refractivity contribution in [2.24, 2.45) is 0 Å². The maximum Gasteiger partial charge on any atom is 0.269 e. The van der Waals surface area contributed by atoms with Crippen LogP contribution in [0.3, 0.4) is 0 Å². The van der Waals surface area contributed by atoms with E-state index in [-0.39, 0.29) is 12.3 Å². The predicted octanol–water partition coefficient (Wildman–Crippen LogP) is 6.66. The first-order valence-corrected chi connectivity index (χ1v) is 12.5. The van der Waals surface area contributed by atoms with Gasteiger partial charge in [-0.25, -0.2) is 9.97 Å². The minimum Gasteiger partial charge on any atom is -0.472 e. The summed E-state index contributed by atoms with van der Waals surface area (Å²) in [5.41, 5.74) is 6.01. The lowest BCUT2D eigenvalue weighted by atomic mass is 10.1. The SMILES string of the molecule is O=[N+]([O-])c1ccc(COc2c(Cc3ccco3)nc3c(Cc4ccccc4)nc(-c4ccccc4)cn23)cc1. The zero-order chi connectivity index (χ0) is 26.6. The van der Waals surface area contributed by atoms with Gasteiger partial charge in [-0.2, -0.15) is 0 Å². The molecule has 192 valence electrons. The lowest BCUT2D eigenvalue weighted by molar-refractivity contribution is -0.384. The first kappa shape index (κ1) is 24.1. The number of aromatic nitrogens is 3. The molecule has 8 nitrogen and oxygen atoms in total. The number of benzene rings is 3. The van der Waals surface area contributed by atoms with E-state index in [1.807, 2.05) is 71.3 Å². The summed E-state index contributed by atoms with van der Waals surface area (Å²) in [4.78, 5) is 20.7. The molecule has 8 heteroatoms. The molecule has 39 heavy (non-hydrogen) atoms. The third-order valence-corrected chi connectivity index (χ3v) is 6.43. The Kier molecular flexibility index (Phi) is 6.57. The van der Waals surface area contributed by atoms with Crippen molar-refractivity contribution in [1.82, 2.24) is 14.4 Å². The second kappa shape index (κ2) is 10.6. The van der Waals surface area contributed by atoms with Crippen LogP contribution in [0.2, 0.25) is 0 Å². The number of imidazole rings is 1. The molecule has 0 atom stereocenters. The highest BCUT2D eigenvalue weighted by Gasteiger charge is 2.21. The molecule has 0 aliphatic carbocycles. The fourth-order valence-electron chi connectivity index (χ4n) is 4.50. The standard InChI is InChI=1S/C31H24N4O4/c36-35(37)25-15-13-23(14-16-25)21-39-31-28(19-26-12-7-17-38-26)33-30-27(18-22-8-3-1-4-9-22)32-29(20-34(30)31)24-10-5-2-6-11-24/h1-17,20H,18-19,21H2. The topological polar surface area (TPSA) is 95.7 Å². The van der Waals surface area contributed by atoms with Crippen molar-refractivity contribution in [1.29, 1.82) is 0 Å². The molecule has 6 rings (SSSR count). The van der Waals surface area contributed by atoms with E-state index in [2.05, 4.69) is 12.1 Å². The van der Waals surface area contributed by atoms with Gasteiger partial charge in [0, 0.05) is 30.3 Å². The van der Waals surface area contributed by atoms with Gasteiger partial charge in [-0.15, -0.1) is 0 Å². The number of rotatable bonds is 9. The molecule has 0 saturated heterocycles. The van der Waals surface area contributed by atoms with Gasteiger partial charge in [0.1, 0.15) is 18.1 Å². The van der Waals surface area contributed by atoms with Crippen LogP contribution in [0, 0.1) is 10.1 Å². The van der Waals surface area contributed by atoms with Crippen LogP contribution in [-0.2, 0) is 19.4 Å². The Labute approximate surface area is 224 Å². The van der Waals surface area contributed by atoms with Gasteiger partial charge in [0.25, 0.3) is 5.69 Å². The summed E-state index contributed by atoms with van der Waals surface area (Å²) in [6.45, 7) is 0.216. The van der Waals surface area contributed by atoms with Crippen LogP contribution in [-0.4, -0.2) is 19.3 Å². The first-order chi connectivity index (χ1) is 19.1. The quantitative estimate of drug-likeness (QED) is 0.158. The fourth-order valence-corrected chi connectivity index (χ4v) is 4.50. The number of nitro benzene ring substituents is 1. The molecule has 6 aromatic rings. The van der Waals surface area contributed by atoms with Gasteiger partial charge in [-0.1, -0.05) is 60.7 Å². The average molecular weight is 517 g/mol. The number of nitro groups is 1. The van der Waals surface area contributed by atoms with E-state index >= 15 is 0 Å². The van der Waals surface area contributed by atoms with Crippen molar-refractivity contribution >= 4 is 11.3 Å². The second-order valence-electron chi connectivity index (χ2n) is 9.13. The number of ether oxygens (including phenoxy) is 1. The molecule has 0 spiro atoms. The Morgan fingerprint density at radius 3 is 2.23 bits per heavy atom. The Morgan fingerprint density at radius 2 is 1.54 bits per heavy atom. The highest BCUT2D eigenvalue weighted by molar-refractivity contribution is 5.63. The van der Waals surface area contributed by atoms with Crippen molar-refractivity contribution in [2.75, 3.05) is 0 Å². The van der Waals surface area contributed by atoms with E-state index in [0.29, 0.717) is 30.1 Å². The van der Waals surface area contributed by atoms with Crippen molar-refractivity contribution in [3.63, 3.8) is 0 Å². The van der Waals surface area contributed by atoms with Crippen molar-refractivity contribution in [3.05, 3.63) is 148 Å². The lowest BCUT2D eigenvalue weighted by Crippen LogP contribution is -2.04. The number of hydrogen-bond donors (Lipinski definition) is 0. The predicted molar refractivity (Wildman–Crippen MR) is 147 cm³/mol. The van der Waals surface area contributed by atoms with Crippen LogP contribution in [0.15, 0.2) is 114 Å². The molecule has 0 amide bonds. The Hall–Kier alpha value is -5.24. The molecule has 0 unspecified atom stereocenters. The first-order valence-electron chi connectivity index (χ1n) is 12.5. The Morgan fingerprint density at radius 1 is 0.795 bits per heavy atom. The average Bonchev–Trinajstić information content (AvgIpc) is 3.61. The third-order valence-electron chi connectivity index (χ3n) is 6.43. The summed E-state index contributed by atoms with van der Waals surface area (Å²) < 4.78 is 14.0. The van der Waals surface area contributed by atoms with E-state index in [1.54, 1.807) is 18.4 Å². The summed E-state index contributed by atoms with van der Waals surface area (Å²) in [6, 6.07) is 30.3. The molecule has 3 aromatic heterocycles. The summed E-state index contributed by atoms with van der Waals surface area (Å²) in [6.07, 6.45) is 4.63. The van der Waals surface area contributed by atoms with Gasteiger partial charge in [0.15, 0.2) is 5.65 Å². The zero-order valence-electron chi connectivity index (χ0n) is 20.9. The third kappa shape index (κ3) is 5.26. The van der Waals surface area contributed by atoms with Crippen LogP contribution in [0.25, 0.3) is 16.9 Å². The fraction of sp³-hybridized carbons (Fsp3) is 0.0968. The Balaban J connectivity index is 1.46. The molecule has 0 fully saturated rings. The molecule has 0 radical (unpaired) electrons. The van der Waals surface area contributed by atoms with Crippen molar-refractivity contribution in [3.8, 4) is 17.1 Å². The summed E-state index contributed by atoms with van der Waals surface area (Å²) in [5, 5.41) is 11.1. The van der Waals surface area contributed by atoms with E-state index in [1.165, 1.54) is 12.1 Å². The summed E-state index contributed by atoms with van der Waals surface area (Å²) in [5.74, 6) is 1.34. The van der Waals surface area contributed by atoms with Gasteiger partial charge in [0.05, 0.1) is 29.0 Å². The van der Waals surface area contributed by atoms with Gasteiger partial charge < -0.3 is 9.15 Å². The monoisotopic (exact) mass is 516 g/mol. The van der Waals surface area contributed by atoms with Gasteiger partial charge in [-0.3, -0.25) is 14.5 Å². The van der Waals surface area contributed by atoms with Crippen LogP contribution < -0.4 is 4.74 Å². The summed E-state index contributed by atoms with van der Waals surface area (Å²) >= 11 is 0. The number of hydrogen-bond acceptors (Lipinski definition) is 6. The number of fused-ring (bicyclic) bond motifs is 1. The van der Waals surface area contributed by atoms with Crippen LogP contribution >= 0.6 is 0 Å². The Bertz CT molecular complexity index is 1710. The molecule has 0 aliphatic rings. The van der Waals surface area contributed by atoms with Crippen LogP contribution in [0.4, 0.5) is 5.69 Å². The van der Waals surface area contributed by atoms with Crippen molar-refractivity contribution < 1.29 is 14.1 Å². The maximum absolute atomic E-state index is 11.1. The van der Waals surface area contributed by atoms with E-state index in [9.17, 15) is 10.1 Å². The van der Waals surface area contributed by atoms with Gasteiger partial charge in [-0.05, 0) is 35.4 Å². The zero-order valence-corrected chi connectivity index (χ0v) is 20.9. The maximum atomic E-state index is 11.1. The highest BCUT2D eigenvalue weighted by Crippen LogP contribution is 2.30. The van der Waals surface area contributed by atoms with E-state index < -0.39 is 4.92 Å². The molecule has 3 heterocycles. The molecular weight excluding hydrogens is 492 g/mol. The summed E-state index contributed by atoms with van der Waals surface area (Å²) in [7, 11) is 0. The van der Waals surface area contributed by atoms with Gasteiger partial charge in [0.2, 0.25) is 5.88 Å². The van der Waals surface area contributed by atoms with E-state index in [4.69, 9.17) is 19.1 Å². The highest BCUT2D eigenvalue weighted by atomic mass is 16.6. The number of nitrogens with zero attached hydrogens (tertiary/aromatic N) is 4. The van der Waals surface area contributed by atoms with Crippen LogP contribution in [0.5, 0.6) is 5.88 Å². The minimum absolute atomic E-state index is 0.0381. The molecule has 3 aromatic carbocycles. The molecule has 0 aliphatic heterocycles. The van der Waals surface area contributed by atoms with Crippen molar-refractivity contribution in [2.45, 2.75) is 19.4 Å². The molecule has 0 bridgehead atoms. The van der Waals surface area contributed by atoms with Crippen LogP contribution in [0.1, 0.15) is 28.3 Å². The van der Waals surface area contributed by atoms with E-state index in [0.717, 1.165) is 33.8 Å². The molecule has 0 N–H and O–H groups in total.